The number of hydrogen-bond donors (Lipinski definition) is 0. The maximum Gasteiger partial charge on any atom is 0.261 e. The number of nitrogens with zero attached hydrogens (tertiary/aromatic N) is 3. The third kappa shape index (κ3) is 2.60. The number of thiazole rings is 1. The van der Waals surface area contributed by atoms with Crippen LogP contribution in [0, 0.1) is 6.92 Å². The summed E-state index contributed by atoms with van der Waals surface area (Å²) in [5.41, 5.74) is 2.74. The van der Waals surface area contributed by atoms with Crippen molar-refractivity contribution in [2.45, 2.75) is 13.5 Å². The van der Waals surface area contributed by atoms with Crippen molar-refractivity contribution in [3.05, 3.63) is 68.3 Å². The SMILES string of the molecule is Cc1nc2ccccc2c(=O)n1Cc1csc(-c2ccsc2)n1. The smallest absolute Gasteiger partial charge is 0.261 e. The van der Waals surface area contributed by atoms with Crippen molar-refractivity contribution in [1.29, 1.82) is 0 Å². The molecule has 0 saturated heterocycles. The van der Waals surface area contributed by atoms with Gasteiger partial charge in [0.25, 0.3) is 5.56 Å². The molecule has 0 radical (unpaired) electrons. The van der Waals surface area contributed by atoms with Crippen LogP contribution in [0.15, 0.2) is 51.3 Å². The molecule has 0 amide bonds. The fourth-order valence-corrected chi connectivity index (χ4v) is 4.05. The van der Waals surface area contributed by atoms with Crippen LogP contribution in [0.1, 0.15) is 11.5 Å². The lowest BCUT2D eigenvalue weighted by molar-refractivity contribution is 0.701. The fourth-order valence-electron chi connectivity index (χ4n) is 2.53. The Balaban J connectivity index is 1.75. The van der Waals surface area contributed by atoms with Gasteiger partial charge >= 0.3 is 0 Å². The van der Waals surface area contributed by atoms with Crippen molar-refractivity contribution in [3.63, 3.8) is 0 Å². The second kappa shape index (κ2) is 5.72. The van der Waals surface area contributed by atoms with E-state index in [2.05, 4.69) is 21.4 Å². The Hall–Kier alpha value is -2.31. The minimum absolute atomic E-state index is 0.0156. The maximum absolute atomic E-state index is 12.7. The number of fused-ring (bicyclic) bond motifs is 1. The minimum atomic E-state index is -0.0156. The predicted octanol–water partition coefficient (Wildman–Crippen LogP) is 3.94. The summed E-state index contributed by atoms with van der Waals surface area (Å²) >= 11 is 3.26. The highest BCUT2D eigenvalue weighted by atomic mass is 32.1. The zero-order chi connectivity index (χ0) is 15.8. The summed E-state index contributed by atoms with van der Waals surface area (Å²) in [4.78, 5) is 21.9. The molecule has 4 nitrogen and oxygen atoms in total. The first-order valence-corrected chi connectivity index (χ1v) is 8.98. The van der Waals surface area contributed by atoms with Crippen LogP contribution >= 0.6 is 22.7 Å². The van der Waals surface area contributed by atoms with E-state index in [0.29, 0.717) is 17.8 Å². The number of rotatable bonds is 3. The van der Waals surface area contributed by atoms with Crippen LogP contribution < -0.4 is 5.56 Å². The molecule has 114 valence electrons. The summed E-state index contributed by atoms with van der Waals surface area (Å²) < 4.78 is 1.69. The van der Waals surface area contributed by atoms with E-state index in [1.807, 2.05) is 41.9 Å². The van der Waals surface area contributed by atoms with Crippen LogP contribution in [0.3, 0.4) is 0 Å². The van der Waals surface area contributed by atoms with Gasteiger partial charge in [-0.25, -0.2) is 9.97 Å². The molecule has 23 heavy (non-hydrogen) atoms. The Kier molecular flexibility index (Phi) is 3.55. The van der Waals surface area contributed by atoms with E-state index in [1.54, 1.807) is 27.2 Å². The van der Waals surface area contributed by atoms with E-state index in [-0.39, 0.29) is 5.56 Å². The number of aryl methyl sites for hydroxylation is 1. The summed E-state index contributed by atoms with van der Waals surface area (Å²) in [6.45, 7) is 2.31. The van der Waals surface area contributed by atoms with Gasteiger partial charge < -0.3 is 0 Å². The van der Waals surface area contributed by atoms with Gasteiger partial charge in [0.15, 0.2) is 0 Å². The first-order chi connectivity index (χ1) is 11.2. The highest BCUT2D eigenvalue weighted by Gasteiger charge is 2.11. The van der Waals surface area contributed by atoms with Gasteiger partial charge in [-0.05, 0) is 30.5 Å². The number of benzene rings is 1. The average Bonchev–Trinajstić information content (AvgIpc) is 3.22. The summed E-state index contributed by atoms with van der Waals surface area (Å²) in [5, 5.41) is 7.76. The largest absolute Gasteiger partial charge is 0.290 e. The molecule has 3 heterocycles. The summed E-state index contributed by atoms with van der Waals surface area (Å²) in [6, 6.07) is 9.50. The molecule has 0 bridgehead atoms. The number of aromatic nitrogens is 3. The lowest BCUT2D eigenvalue weighted by atomic mass is 10.2. The van der Waals surface area contributed by atoms with Gasteiger partial charge in [-0.2, -0.15) is 11.3 Å². The standard InChI is InChI=1S/C17H13N3OS2/c1-11-18-15-5-3-2-4-14(15)17(21)20(11)8-13-10-23-16(19-13)12-6-7-22-9-12/h2-7,9-10H,8H2,1H3. The molecule has 1 aromatic carbocycles. The lowest BCUT2D eigenvalue weighted by Gasteiger charge is -2.09. The van der Waals surface area contributed by atoms with Crippen molar-refractivity contribution in [2.75, 3.05) is 0 Å². The Morgan fingerprint density at radius 2 is 2.00 bits per heavy atom. The number of thiophene rings is 1. The molecule has 0 aliphatic carbocycles. The predicted molar refractivity (Wildman–Crippen MR) is 95.3 cm³/mol. The highest BCUT2D eigenvalue weighted by molar-refractivity contribution is 7.14. The lowest BCUT2D eigenvalue weighted by Crippen LogP contribution is -2.24. The van der Waals surface area contributed by atoms with Crippen LogP contribution in [-0.4, -0.2) is 14.5 Å². The zero-order valence-electron chi connectivity index (χ0n) is 12.4. The second-order valence-electron chi connectivity index (χ2n) is 5.22. The molecule has 0 aliphatic heterocycles. The summed E-state index contributed by atoms with van der Waals surface area (Å²) in [6.07, 6.45) is 0. The molecule has 3 aromatic heterocycles. The van der Waals surface area contributed by atoms with Crippen LogP contribution in [0.4, 0.5) is 0 Å². The minimum Gasteiger partial charge on any atom is -0.290 e. The van der Waals surface area contributed by atoms with Crippen LogP contribution in [-0.2, 0) is 6.54 Å². The summed E-state index contributed by atoms with van der Waals surface area (Å²) in [7, 11) is 0. The molecule has 0 saturated carbocycles. The van der Waals surface area contributed by atoms with E-state index in [0.717, 1.165) is 21.8 Å². The number of hydrogen-bond acceptors (Lipinski definition) is 5. The van der Waals surface area contributed by atoms with Crippen LogP contribution in [0.5, 0.6) is 0 Å². The van der Waals surface area contributed by atoms with Crippen molar-refractivity contribution in [1.82, 2.24) is 14.5 Å². The molecule has 0 fully saturated rings. The third-order valence-corrected chi connectivity index (χ3v) is 5.32. The van der Waals surface area contributed by atoms with Crippen molar-refractivity contribution >= 4 is 33.6 Å². The van der Waals surface area contributed by atoms with Crippen molar-refractivity contribution < 1.29 is 0 Å². The summed E-state index contributed by atoms with van der Waals surface area (Å²) in [5.74, 6) is 0.707. The van der Waals surface area contributed by atoms with Gasteiger partial charge in [-0.15, -0.1) is 11.3 Å². The molecule has 0 spiro atoms. The van der Waals surface area contributed by atoms with E-state index in [9.17, 15) is 4.79 Å². The Morgan fingerprint density at radius 3 is 2.83 bits per heavy atom. The van der Waals surface area contributed by atoms with E-state index < -0.39 is 0 Å². The molecule has 6 heteroatoms. The van der Waals surface area contributed by atoms with Gasteiger partial charge in [-0.3, -0.25) is 9.36 Å². The molecule has 0 unspecified atom stereocenters. The third-order valence-electron chi connectivity index (χ3n) is 3.69. The normalized spacial score (nSPS) is 11.2. The molecule has 0 atom stereocenters. The number of para-hydroxylation sites is 1. The molecule has 0 N–H and O–H groups in total. The van der Waals surface area contributed by atoms with E-state index in [1.165, 1.54) is 0 Å². The van der Waals surface area contributed by atoms with Gasteiger partial charge in [0.1, 0.15) is 10.8 Å². The molecule has 4 aromatic rings. The maximum atomic E-state index is 12.7. The van der Waals surface area contributed by atoms with Crippen LogP contribution in [0.2, 0.25) is 0 Å². The Labute approximate surface area is 140 Å². The van der Waals surface area contributed by atoms with Crippen molar-refractivity contribution in [3.8, 4) is 10.6 Å². The van der Waals surface area contributed by atoms with Crippen molar-refractivity contribution in [2.24, 2.45) is 0 Å². The van der Waals surface area contributed by atoms with Gasteiger partial charge in [0, 0.05) is 16.3 Å². The molecule has 0 aliphatic rings. The first-order valence-electron chi connectivity index (χ1n) is 7.15. The monoisotopic (exact) mass is 339 g/mol. The second-order valence-corrected chi connectivity index (χ2v) is 6.86. The fraction of sp³-hybridized carbons (Fsp3) is 0.118. The molecule has 4 rings (SSSR count). The average molecular weight is 339 g/mol. The molecular formula is C17H13N3OS2. The van der Waals surface area contributed by atoms with Gasteiger partial charge in [-0.1, -0.05) is 12.1 Å². The zero-order valence-corrected chi connectivity index (χ0v) is 14.0. The quantitative estimate of drug-likeness (QED) is 0.568. The molecular weight excluding hydrogens is 326 g/mol. The van der Waals surface area contributed by atoms with Gasteiger partial charge in [0.05, 0.1) is 23.1 Å². The first kappa shape index (κ1) is 14.3. The highest BCUT2D eigenvalue weighted by Crippen LogP contribution is 2.26. The Morgan fingerprint density at radius 1 is 1.13 bits per heavy atom. The van der Waals surface area contributed by atoms with Crippen LogP contribution in [0.25, 0.3) is 21.5 Å². The topological polar surface area (TPSA) is 47.8 Å². The Bertz CT molecular complexity index is 1030. The van der Waals surface area contributed by atoms with E-state index in [4.69, 9.17) is 0 Å². The van der Waals surface area contributed by atoms with Gasteiger partial charge in [0.2, 0.25) is 0 Å². The van der Waals surface area contributed by atoms with E-state index >= 15 is 0 Å².